The number of hydrogen-bond donors (Lipinski definition) is 2. The van der Waals surface area contributed by atoms with Crippen molar-refractivity contribution < 1.29 is 19.1 Å². The summed E-state index contributed by atoms with van der Waals surface area (Å²) in [6.07, 6.45) is 1.49. The molecule has 0 aromatic heterocycles. The van der Waals surface area contributed by atoms with Crippen LogP contribution >= 0.6 is 0 Å². The number of carboxylic acid groups (broad SMARTS) is 1. The predicted octanol–water partition coefficient (Wildman–Crippen LogP) is 1.80. The molecule has 0 heterocycles. The van der Waals surface area contributed by atoms with Crippen molar-refractivity contribution in [1.29, 1.82) is 0 Å². The molecule has 1 aliphatic carbocycles. The van der Waals surface area contributed by atoms with Gasteiger partial charge in [-0.05, 0) is 50.1 Å². The van der Waals surface area contributed by atoms with Crippen LogP contribution < -0.4 is 5.32 Å². The molecule has 0 saturated heterocycles. The number of carbonyl (C=O) groups is 2. The Morgan fingerprint density at radius 3 is 2.64 bits per heavy atom. The van der Waals surface area contributed by atoms with Gasteiger partial charge in [0, 0.05) is 17.6 Å². The van der Waals surface area contributed by atoms with Crippen molar-refractivity contribution in [3.63, 3.8) is 0 Å². The van der Waals surface area contributed by atoms with Crippen LogP contribution in [0, 0.1) is 12.7 Å². The normalized spacial score (nSPS) is 20.5. The number of halogens is 1. The molecule has 0 aliphatic heterocycles. The molecule has 1 amide bonds. The minimum atomic E-state index is -0.837. The van der Waals surface area contributed by atoms with E-state index in [0.29, 0.717) is 17.7 Å². The Bertz CT molecular complexity index is 571. The van der Waals surface area contributed by atoms with E-state index in [1.54, 1.807) is 6.92 Å². The highest BCUT2D eigenvalue weighted by molar-refractivity contribution is 5.95. The maximum atomic E-state index is 13.0. The van der Waals surface area contributed by atoms with Crippen LogP contribution in [0.5, 0.6) is 0 Å². The molecular formula is C16H21FN2O3. The highest BCUT2D eigenvalue weighted by Crippen LogP contribution is 2.26. The van der Waals surface area contributed by atoms with Gasteiger partial charge in [-0.2, -0.15) is 0 Å². The molecule has 0 radical (unpaired) electrons. The minimum absolute atomic E-state index is 0.0267. The quantitative estimate of drug-likeness (QED) is 0.841. The molecule has 1 aromatic rings. The highest BCUT2D eigenvalue weighted by atomic mass is 19.1. The van der Waals surface area contributed by atoms with E-state index in [-0.39, 0.29) is 30.4 Å². The number of aryl methyl sites for hydroxylation is 1. The molecule has 0 unspecified atom stereocenters. The highest BCUT2D eigenvalue weighted by Gasteiger charge is 2.34. The summed E-state index contributed by atoms with van der Waals surface area (Å²) >= 11 is 0. The second-order valence-electron chi connectivity index (χ2n) is 5.71. The molecule has 1 saturated carbocycles. The Hall–Kier alpha value is -1.95. The number of carboxylic acids is 1. The summed E-state index contributed by atoms with van der Waals surface area (Å²) < 4.78 is 13.0. The van der Waals surface area contributed by atoms with E-state index in [1.807, 2.05) is 11.8 Å². The van der Waals surface area contributed by atoms with Crippen molar-refractivity contribution in [1.82, 2.24) is 10.2 Å². The monoisotopic (exact) mass is 308 g/mol. The van der Waals surface area contributed by atoms with Crippen molar-refractivity contribution in [2.75, 3.05) is 13.1 Å². The number of aliphatic carboxylic acids is 1. The minimum Gasteiger partial charge on any atom is -0.480 e. The van der Waals surface area contributed by atoms with E-state index < -0.39 is 5.97 Å². The summed E-state index contributed by atoms with van der Waals surface area (Å²) in [6.45, 7) is 4.33. The molecule has 1 aliphatic rings. The van der Waals surface area contributed by atoms with Gasteiger partial charge in [0.2, 0.25) is 0 Å². The molecule has 5 nitrogen and oxygen atoms in total. The maximum absolute atomic E-state index is 13.0. The molecule has 0 spiro atoms. The van der Waals surface area contributed by atoms with Crippen LogP contribution in [-0.4, -0.2) is 47.1 Å². The molecule has 0 bridgehead atoms. The third-order valence-corrected chi connectivity index (χ3v) is 4.14. The van der Waals surface area contributed by atoms with Crippen molar-refractivity contribution in [2.45, 2.75) is 38.8 Å². The lowest BCUT2D eigenvalue weighted by atomic mass is 9.85. The summed E-state index contributed by atoms with van der Waals surface area (Å²) in [5.74, 6) is -1.40. The molecule has 22 heavy (non-hydrogen) atoms. The van der Waals surface area contributed by atoms with E-state index in [4.69, 9.17) is 5.11 Å². The fourth-order valence-electron chi connectivity index (χ4n) is 2.82. The average molecular weight is 308 g/mol. The molecule has 2 rings (SSSR count). The molecule has 6 heteroatoms. The van der Waals surface area contributed by atoms with Crippen molar-refractivity contribution >= 4 is 11.9 Å². The third-order valence-electron chi connectivity index (χ3n) is 4.14. The fraction of sp³-hybridized carbons (Fsp3) is 0.500. The molecule has 0 atom stereocenters. The summed E-state index contributed by atoms with van der Waals surface area (Å²) in [7, 11) is 0. The molecule has 120 valence electrons. The maximum Gasteiger partial charge on any atom is 0.317 e. The number of likely N-dealkylation sites (N-methyl/N-ethyl adjacent to an activating group) is 1. The van der Waals surface area contributed by atoms with Gasteiger partial charge >= 0.3 is 5.97 Å². The first-order valence-electron chi connectivity index (χ1n) is 7.43. The fourth-order valence-corrected chi connectivity index (χ4v) is 2.82. The molecule has 2 N–H and O–H groups in total. The number of carbonyl (C=O) groups excluding carboxylic acids is 1. The zero-order valence-corrected chi connectivity index (χ0v) is 12.8. The van der Waals surface area contributed by atoms with E-state index in [1.165, 1.54) is 18.2 Å². The summed E-state index contributed by atoms with van der Waals surface area (Å²) in [6, 6.07) is 4.34. The van der Waals surface area contributed by atoms with E-state index in [0.717, 1.165) is 12.8 Å². The zero-order valence-electron chi connectivity index (χ0n) is 12.8. The van der Waals surface area contributed by atoms with Crippen LogP contribution in [-0.2, 0) is 4.79 Å². The lowest BCUT2D eigenvalue weighted by Crippen LogP contribution is -2.54. The first kappa shape index (κ1) is 16.4. The van der Waals surface area contributed by atoms with Crippen LogP contribution in [0.1, 0.15) is 35.7 Å². The van der Waals surface area contributed by atoms with Gasteiger partial charge in [-0.1, -0.05) is 6.92 Å². The van der Waals surface area contributed by atoms with Crippen LogP contribution in [0.25, 0.3) is 0 Å². The van der Waals surface area contributed by atoms with E-state index in [9.17, 15) is 14.0 Å². The van der Waals surface area contributed by atoms with E-state index in [2.05, 4.69) is 5.32 Å². The number of rotatable bonds is 6. The van der Waals surface area contributed by atoms with Gasteiger partial charge < -0.3 is 10.4 Å². The van der Waals surface area contributed by atoms with Gasteiger partial charge in [0.05, 0.1) is 6.54 Å². The van der Waals surface area contributed by atoms with Gasteiger partial charge in [0.1, 0.15) is 5.82 Å². The number of nitrogens with one attached hydrogen (secondary N) is 1. The largest absolute Gasteiger partial charge is 0.480 e. The lowest BCUT2D eigenvalue weighted by molar-refractivity contribution is -0.139. The van der Waals surface area contributed by atoms with Crippen LogP contribution in [0.3, 0.4) is 0 Å². The SMILES string of the molecule is CCN(CC(=O)O)C1CC(NC(=O)c2ccc(F)cc2C)C1. The summed E-state index contributed by atoms with van der Waals surface area (Å²) in [4.78, 5) is 24.8. The molecule has 1 fully saturated rings. The second kappa shape index (κ2) is 6.87. The number of amides is 1. The number of hydrogen-bond acceptors (Lipinski definition) is 3. The van der Waals surface area contributed by atoms with Crippen LogP contribution in [0.15, 0.2) is 18.2 Å². The first-order valence-corrected chi connectivity index (χ1v) is 7.43. The topological polar surface area (TPSA) is 69.6 Å². The van der Waals surface area contributed by atoms with Gasteiger partial charge in [-0.25, -0.2) is 4.39 Å². The molecular weight excluding hydrogens is 287 g/mol. The second-order valence-corrected chi connectivity index (χ2v) is 5.71. The zero-order chi connectivity index (χ0) is 16.3. The Kier molecular flexibility index (Phi) is 5.13. The Morgan fingerprint density at radius 1 is 1.41 bits per heavy atom. The lowest BCUT2D eigenvalue weighted by Gasteiger charge is -2.42. The van der Waals surface area contributed by atoms with Crippen molar-refractivity contribution in [3.8, 4) is 0 Å². The van der Waals surface area contributed by atoms with Gasteiger partial charge in [0.25, 0.3) is 5.91 Å². The standard InChI is InChI=1S/C16H21FN2O3/c1-3-19(9-15(20)21)13-7-12(8-13)18-16(22)14-5-4-11(17)6-10(14)2/h4-6,12-13H,3,7-9H2,1-2H3,(H,18,22)(H,20,21). The summed E-state index contributed by atoms with van der Waals surface area (Å²) in [5.41, 5.74) is 1.08. The smallest absolute Gasteiger partial charge is 0.317 e. The molecule has 1 aromatic carbocycles. The van der Waals surface area contributed by atoms with Gasteiger partial charge in [-0.15, -0.1) is 0 Å². The van der Waals surface area contributed by atoms with Crippen molar-refractivity contribution in [2.24, 2.45) is 0 Å². The summed E-state index contributed by atoms with van der Waals surface area (Å²) in [5, 5.41) is 11.8. The first-order chi connectivity index (χ1) is 10.4. The Labute approximate surface area is 129 Å². The van der Waals surface area contributed by atoms with Crippen LogP contribution in [0.4, 0.5) is 4.39 Å². The Balaban J connectivity index is 1.86. The third kappa shape index (κ3) is 3.82. The van der Waals surface area contributed by atoms with Gasteiger partial charge in [0.15, 0.2) is 0 Å². The van der Waals surface area contributed by atoms with Gasteiger partial charge in [-0.3, -0.25) is 14.5 Å². The van der Waals surface area contributed by atoms with Crippen molar-refractivity contribution in [3.05, 3.63) is 35.1 Å². The average Bonchev–Trinajstić information content (AvgIpc) is 2.39. The predicted molar refractivity (Wildman–Crippen MR) is 80.3 cm³/mol. The van der Waals surface area contributed by atoms with Crippen LogP contribution in [0.2, 0.25) is 0 Å². The number of nitrogens with zero attached hydrogens (tertiary/aromatic N) is 1. The Morgan fingerprint density at radius 2 is 2.09 bits per heavy atom. The number of benzene rings is 1. The van der Waals surface area contributed by atoms with E-state index >= 15 is 0 Å².